The van der Waals surface area contributed by atoms with Crippen molar-refractivity contribution in [2.45, 2.75) is 38.3 Å². The topological polar surface area (TPSA) is 21.3 Å². The molecule has 3 rings (SSSR count). The van der Waals surface area contributed by atoms with Crippen molar-refractivity contribution in [3.8, 4) is 0 Å². The molecule has 2 heteroatoms. The number of ether oxygens (including phenoxy) is 1. The molecule has 0 radical (unpaired) electrons. The third kappa shape index (κ3) is 3.02. The summed E-state index contributed by atoms with van der Waals surface area (Å²) in [6, 6.07) is 15.5. The molecule has 1 saturated heterocycles. The number of hydrogen-bond acceptors (Lipinski definition) is 2. The van der Waals surface area contributed by atoms with Crippen LogP contribution in [0.25, 0.3) is 10.8 Å². The van der Waals surface area contributed by atoms with Gasteiger partial charge in [-0.3, -0.25) is 0 Å². The number of rotatable bonds is 5. The maximum atomic E-state index is 5.67. The Kier molecular flexibility index (Phi) is 4.34. The second-order valence-corrected chi connectivity index (χ2v) is 5.67. The molecule has 1 N–H and O–H groups in total. The van der Waals surface area contributed by atoms with Gasteiger partial charge in [-0.1, -0.05) is 42.5 Å². The molecule has 2 aromatic rings. The zero-order valence-corrected chi connectivity index (χ0v) is 12.1. The Balaban J connectivity index is 1.64. The van der Waals surface area contributed by atoms with Crippen LogP contribution in [-0.4, -0.2) is 19.3 Å². The predicted molar refractivity (Wildman–Crippen MR) is 84.0 cm³/mol. The molecule has 2 aromatic carbocycles. The van der Waals surface area contributed by atoms with Crippen LogP contribution >= 0.6 is 0 Å². The van der Waals surface area contributed by atoms with Crippen LogP contribution < -0.4 is 5.32 Å². The van der Waals surface area contributed by atoms with E-state index in [1.54, 1.807) is 0 Å². The molecule has 0 aromatic heterocycles. The van der Waals surface area contributed by atoms with E-state index < -0.39 is 0 Å². The third-order valence-electron chi connectivity index (χ3n) is 4.23. The van der Waals surface area contributed by atoms with E-state index in [1.165, 1.54) is 29.2 Å². The normalized spacial score (nSPS) is 20.4. The van der Waals surface area contributed by atoms with Crippen molar-refractivity contribution >= 4 is 10.8 Å². The summed E-state index contributed by atoms with van der Waals surface area (Å²) >= 11 is 0. The molecular formula is C18H23NO. The number of fused-ring (bicyclic) bond motifs is 1. The highest BCUT2D eigenvalue weighted by atomic mass is 16.5. The largest absolute Gasteiger partial charge is 0.378 e. The second-order valence-electron chi connectivity index (χ2n) is 5.67. The van der Waals surface area contributed by atoms with Crippen molar-refractivity contribution in [3.63, 3.8) is 0 Å². The fraction of sp³-hybridized carbons (Fsp3) is 0.444. The maximum absolute atomic E-state index is 5.67. The van der Waals surface area contributed by atoms with Gasteiger partial charge in [-0.05, 0) is 49.1 Å². The van der Waals surface area contributed by atoms with Crippen LogP contribution in [0.3, 0.4) is 0 Å². The van der Waals surface area contributed by atoms with E-state index in [4.69, 9.17) is 4.74 Å². The molecule has 0 amide bonds. The summed E-state index contributed by atoms with van der Waals surface area (Å²) in [6.07, 6.45) is 4.05. The lowest BCUT2D eigenvalue weighted by atomic mass is 9.99. The van der Waals surface area contributed by atoms with E-state index in [0.29, 0.717) is 12.1 Å². The Morgan fingerprint density at radius 1 is 1.20 bits per heavy atom. The summed E-state index contributed by atoms with van der Waals surface area (Å²) in [6.45, 7) is 4.22. The van der Waals surface area contributed by atoms with Gasteiger partial charge in [0, 0.05) is 12.6 Å². The van der Waals surface area contributed by atoms with E-state index >= 15 is 0 Å². The molecule has 2 nitrogen and oxygen atoms in total. The van der Waals surface area contributed by atoms with Crippen LogP contribution in [0, 0.1) is 0 Å². The SMILES string of the molecule is C[C@H](NCC[C@H]1CCCO1)c1cccc2ccccc12. The first-order valence-corrected chi connectivity index (χ1v) is 7.67. The lowest BCUT2D eigenvalue weighted by molar-refractivity contribution is 0.103. The molecule has 0 unspecified atom stereocenters. The van der Waals surface area contributed by atoms with Crippen molar-refractivity contribution in [3.05, 3.63) is 48.0 Å². The van der Waals surface area contributed by atoms with Crippen LogP contribution in [0.5, 0.6) is 0 Å². The third-order valence-corrected chi connectivity index (χ3v) is 4.23. The van der Waals surface area contributed by atoms with Gasteiger partial charge >= 0.3 is 0 Å². The smallest absolute Gasteiger partial charge is 0.0588 e. The van der Waals surface area contributed by atoms with E-state index in [2.05, 4.69) is 54.7 Å². The fourth-order valence-electron chi connectivity index (χ4n) is 3.07. The molecule has 0 saturated carbocycles. The molecule has 106 valence electrons. The lowest BCUT2D eigenvalue weighted by Gasteiger charge is -2.18. The van der Waals surface area contributed by atoms with Gasteiger partial charge in [0.15, 0.2) is 0 Å². The zero-order chi connectivity index (χ0) is 13.8. The number of hydrogen-bond donors (Lipinski definition) is 1. The summed E-state index contributed by atoms with van der Waals surface area (Å²) in [7, 11) is 0. The molecule has 1 heterocycles. The maximum Gasteiger partial charge on any atom is 0.0588 e. The van der Waals surface area contributed by atoms with Gasteiger partial charge in [0.25, 0.3) is 0 Å². The molecule has 2 atom stereocenters. The fourth-order valence-corrected chi connectivity index (χ4v) is 3.07. The summed E-state index contributed by atoms with van der Waals surface area (Å²) < 4.78 is 5.67. The predicted octanol–water partition coefficient (Wildman–Crippen LogP) is 4.06. The summed E-state index contributed by atoms with van der Waals surface area (Å²) in [4.78, 5) is 0. The van der Waals surface area contributed by atoms with Crippen LogP contribution in [0.4, 0.5) is 0 Å². The van der Waals surface area contributed by atoms with E-state index in [-0.39, 0.29) is 0 Å². The molecule has 0 bridgehead atoms. The molecule has 0 spiro atoms. The van der Waals surface area contributed by atoms with Gasteiger partial charge in [-0.15, -0.1) is 0 Å². The molecule has 1 aliphatic rings. The van der Waals surface area contributed by atoms with Crippen LogP contribution in [0.15, 0.2) is 42.5 Å². The van der Waals surface area contributed by atoms with Crippen molar-refractivity contribution < 1.29 is 4.74 Å². The van der Waals surface area contributed by atoms with Crippen LogP contribution in [0.1, 0.15) is 37.8 Å². The summed E-state index contributed by atoms with van der Waals surface area (Å²) in [5, 5.41) is 6.31. The first-order valence-electron chi connectivity index (χ1n) is 7.67. The van der Waals surface area contributed by atoms with Gasteiger partial charge in [0.2, 0.25) is 0 Å². The van der Waals surface area contributed by atoms with Crippen molar-refractivity contribution in [1.29, 1.82) is 0 Å². The lowest BCUT2D eigenvalue weighted by Crippen LogP contribution is -2.23. The standard InChI is InChI=1S/C18H23NO/c1-14(19-12-11-16-8-5-13-20-16)17-10-4-7-15-6-2-3-9-18(15)17/h2-4,6-7,9-10,14,16,19H,5,8,11-13H2,1H3/t14-,16+/m0/s1. The minimum absolute atomic E-state index is 0.377. The second kappa shape index (κ2) is 6.38. The van der Waals surface area contributed by atoms with Crippen LogP contribution in [0.2, 0.25) is 0 Å². The van der Waals surface area contributed by atoms with E-state index in [0.717, 1.165) is 19.6 Å². The molecular weight excluding hydrogens is 246 g/mol. The summed E-state index contributed by atoms with van der Waals surface area (Å²) in [5.74, 6) is 0. The Morgan fingerprint density at radius 3 is 2.90 bits per heavy atom. The van der Waals surface area contributed by atoms with Crippen LogP contribution in [-0.2, 0) is 4.74 Å². The minimum Gasteiger partial charge on any atom is -0.378 e. The molecule has 20 heavy (non-hydrogen) atoms. The molecule has 1 fully saturated rings. The van der Waals surface area contributed by atoms with Gasteiger partial charge in [-0.2, -0.15) is 0 Å². The van der Waals surface area contributed by atoms with E-state index in [9.17, 15) is 0 Å². The average molecular weight is 269 g/mol. The average Bonchev–Trinajstić information content (AvgIpc) is 3.00. The van der Waals surface area contributed by atoms with Crippen molar-refractivity contribution in [1.82, 2.24) is 5.32 Å². The highest BCUT2D eigenvalue weighted by Gasteiger charge is 2.15. The Bertz CT molecular complexity index is 555. The van der Waals surface area contributed by atoms with Gasteiger partial charge in [0.05, 0.1) is 6.10 Å². The summed E-state index contributed by atoms with van der Waals surface area (Å²) in [5.41, 5.74) is 1.38. The quantitative estimate of drug-likeness (QED) is 0.884. The monoisotopic (exact) mass is 269 g/mol. The van der Waals surface area contributed by atoms with Crippen molar-refractivity contribution in [2.75, 3.05) is 13.2 Å². The molecule has 1 aliphatic heterocycles. The zero-order valence-electron chi connectivity index (χ0n) is 12.1. The number of benzene rings is 2. The number of nitrogens with one attached hydrogen (secondary N) is 1. The first-order chi connectivity index (χ1) is 9.84. The highest BCUT2D eigenvalue weighted by Crippen LogP contribution is 2.24. The van der Waals surface area contributed by atoms with Gasteiger partial charge < -0.3 is 10.1 Å². The Morgan fingerprint density at radius 2 is 2.05 bits per heavy atom. The Labute approximate surface area is 121 Å². The highest BCUT2D eigenvalue weighted by molar-refractivity contribution is 5.86. The Hall–Kier alpha value is -1.38. The van der Waals surface area contributed by atoms with Crippen molar-refractivity contribution in [2.24, 2.45) is 0 Å². The molecule has 0 aliphatic carbocycles. The minimum atomic E-state index is 0.377. The van der Waals surface area contributed by atoms with E-state index in [1.807, 2.05) is 0 Å². The van der Waals surface area contributed by atoms with Gasteiger partial charge in [0.1, 0.15) is 0 Å². The first kappa shape index (κ1) is 13.6. The van der Waals surface area contributed by atoms with Gasteiger partial charge in [-0.25, -0.2) is 0 Å².